The van der Waals surface area contributed by atoms with Crippen LogP contribution in [0.25, 0.3) is 0 Å². The predicted octanol–water partition coefficient (Wildman–Crippen LogP) is 3.60. The van der Waals surface area contributed by atoms with Gasteiger partial charge in [-0.2, -0.15) is 0 Å². The summed E-state index contributed by atoms with van der Waals surface area (Å²) < 4.78 is 17.9. The van der Waals surface area contributed by atoms with E-state index in [4.69, 9.17) is 4.74 Å². The highest BCUT2D eigenvalue weighted by molar-refractivity contribution is 5.95. The van der Waals surface area contributed by atoms with Crippen LogP contribution >= 0.6 is 0 Å². The summed E-state index contributed by atoms with van der Waals surface area (Å²) in [6.07, 6.45) is 4.60. The maximum Gasteiger partial charge on any atom is 0.340 e. The molecule has 0 heterocycles. The SMILES string of the molecule is CCC1CCC(Nc2ccc(F)cc2C(=O)OC)C1. The summed E-state index contributed by atoms with van der Waals surface area (Å²) in [7, 11) is 1.31. The number of ether oxygens (including phenoxy) is 1. The molecule has 4 heteroatoms. The Morgan fingerprint density at radius 2 is 2.26 bits per heavy atom. The van der Waals surface area contributed by atoms with Crippen molar-refractivity contribution in [3.8, 4) is 0 Å². The van der Waals surface area contributed by atoms with Gasteiger partial charge in [0.25, 0.3) is 0 Å². The molecule has 1 aliphatic rings. The van der Waals surface area contributed by atoms with Crippen molar-refractivity contribution in [2.75, 3.05) is 12.4 Å². The van der Waals surface area contributed by atoms with Crippen LogP contribution in [0.3, 0.4) is 0 Å². The topological polar surface area (TPSA) is 38.3 Å². The monoisotopic (exact) mass is 265 g/mol. The van der Waals surface area contributed by atoms with Crippen molar-refractivity contribution in [2.45, 2.75) is 38.6 Å². The van der Waals surface area contributed by atoms with Gasteiger partial charge in [-0.25, -0.2) is 9.18 Å². The molecular weight excluding hydrogens is 245 g/mol. The molecule has 0 radical (unpaired) electrons. The summed E-state index contributed by atoms with van der Waals surface area (Å²) >= 11 is 0. The number of rotatable bonds is 4. The highest BCUT2D eigenvalue weighted by Crippen LogP contribution is 2.31. The lowest BCUT2D eigenvalue weighted by atomic mass is 10.1. The summed E-state index contributed by atoms with van der Waals surface area (Å²) in [6, 6.07) is 4.56. The molecule has 3 nitrogen and oxygen atoms in total. The maximum absolute atomic E-state index is 13.2. The second-order valence-corrected chi connectivity index (χ2v) is 5.11. The Bertz CT molecular complexity index is 461. The Balaban J connectivity index is 2.14. The van der Waals surface area contributed by atoms with E-state index in [2.05, 4.69) is 12.2 Å². The average Bonchev–Trinajstić information content (AvgIpc) is 2.87. The minimum atomic E-state index is -0.507. The fourth-order valence-corrected chi connectivity index (χ4v) is 2.72. The van der Waals surface area contributed by atoms with Gasteiger partial charge in [0, 0.05) is 11.7 Å². The Labute approximate surface area is 113 Å². The van der Waals surface area contributed by atoms with Crippen molar-refractivity contribution in [3.05, 3.63) is 29.6 Å². The maximum atomic E-state index is 13.2. The van der Waals surface area contributed by atoms with Crippen molar-refractivity contribution >= 4 is 11.7 Å². The third kappa shape index (κ3) is 3.25. The Hall–Kier alpha value is -1.58. The molecule has 1 N–H and O–H groups in total. The van der Waals surface area contributed by atoms with Gasteiger partial charge in [0.15, 0.2) is 0 Å². The molecule has 1 fully saturated rings. The minimum Gasteiger partial charge on any atom is -0.465 e. The zero-order chi connectivity index (χ0) is 13.8. The number of halogens is 1. The van der Waals surface area contributed by atoms with Gasteiger partial charge < -0.3 is 10.1 Å². The molecule has 0 bridgehead atoms. The molecule has 104 valence electrons. The zero-order valence-corrected chi connectivity index (χ0v) is 11.4. The van der Waals surface area contributed by atoms with Crippen LogP contribution in [-0.4, -0.2) is 19.1 Å². The first-order valence-electron chi connectivity index (χ1n) is 6.78. The molecule has 1 aromatic rings. The second-order valence-electron chi connectivity index (χ2n) is 5.11. The van der Waals surface area contributed by atoms with Crippen molar-refractivity contribution in [1.29, 1.82) is 0 Å². The minimum absolute atomic E-state index is 0.266. The Morgan fingerprint density at radius 1 is 1.47 bits per heavy atom. The smallest absolute Gasteiger partial charge is 0.340 e. The van der Waals surface area contributed by atoms with Crippen LogP contribution in [0.1, 0.15) is 43.0 Å². The first-order valence-corrected chi connectivity index (χ1v) is 6.78. The van der Waals surface area contributed by atoms with Crippen molar-refractivity contribution in [2.24, 2.45) is 5.92 Å². The Morgan fingerprint density at radius 3 is 2.89 bits per heavy atom. The van der Waals surface area contributed by atoms with E-state index in [1.54, 1.807) is 6.07 Å². The molecule has 0 saturated heterocycles. The van der Waals surface area contributed by atoms with Crippen LogP contribution in [0.4, 0.5) is 10.1 Å². The predicted molar refractivity (Wildman–Crippen MR) is 72.8 cm³/mol. The van der Waals surface area contributed by atoms with Gasteiger partial charge >= 0.3 is 5.97 Å². The number of carbonyl (C=O) groups excluding carboxylic acids is 1. The molecule has 0 aromatic heterocycles. The van der Waals surface area contributed by atoms with E-state index in [0.29, 0.717) is 11.7 Å². The molecule has 19 heavy (non-hydrogen) atoms. The van der Waals surface area contributed by atoms with Crippen LogP contribution < -0.4 is 5.32 Å². The summed E-state index contributed by atoms with van der Waals surface area (Å²) in [5, 5.41) is 3.35. The summed E-state index contributed by atoms with van der Waals surface area (Å²) in [5.74, 6) is -0.185. The molecule has 0 spiro atoms. The number of carbonyl (C=O) groups is 1. The Kier molecular flexibility index (Phi) is 4.40. The molecular formula is C15H20FNO2. The normalized spacial score (nSPS) is 22.3. The third-order valence-corrected chi connectivity index (χ3v) is 3.87. The third-order valence-electron chi connectivity index (χ3n) is 3.87. The standard InChI is InChI=1S/C15H20FNO2/c1-3-10-4-6-12(8-10)17-14-7-5-11(16)9-13(14)15(18)19-2/h5,7,9-10,12,17H,3-4,6,8H2,1-2H3. The van der Waals surface area contributed by atoms with Gasteiger partial charge in [-0.05, 0) is 43.4 Å². The van der Waals surface area contributed by atoms with Crippen LogP contribution in [0.15, 0.2) is 18.2 Å². The van der Waals surface area contributed by atoms with Gasteiger partial charge in [0.05, 0.1) is 12.7 Å². The van der Waals surface area contributed by atoms with Crippen molar-refractivity contribution in [1.82, 2.24) is 0 Å². The molecule has 1 aromatic carbocycles. The van der Waals surface area contributed by atoms with Crippen molar-refractivity contribution in [3.63, 3.8) is 0 Å². The molecule has 1 saturated carbocycles. The zero-order valence-electron chi connectivity index (χ0n) is 11.4. The number of benzene rings is 1. The first kappa shape index (κ1) is 13.8. The van der Waals surface area contributed by atoms with E-state index >= 15 is 0 Å². The second kappa shape index (κ2) is 6.04. The quantitative estimate of drug-likeness (QED) is 0.845. The fraction of sp³-hybridized carbons (Fsp3) is 0.533. The lowest BCUT2D eigenvalue weighted by Gasteiger charge is -2.17. The van der Waals surface area contributed by atoms with E-state index < -0.39 is 11.8 Å². The van der Waals surface area contributed by atoms with E-state index in [1.807, 2.05) is 0 Å². The van der Waals surface area contributed by atoms with Crippen LogP contribution in [-0.2, 0) is 4.74 Å². The van der Waals surface area contributed by atoms with Crippen LogP contribution in [0, 0.1) is 11.7 Å². The largest absolute Gasteiger partial charge is 0.465 e. The molecule has 1 aliphatic carbocycles. The van der Waals surface area contributed by atoms with Gasteiger partial charge in [0.1, 0.15) is 5.82 Å². The van der Waals surface area contributed by atoms with Gasteiger partial charge in [0.2, 0.25) is 0 Å². The van der Waals surface area contributed by atoms with E-state index in [0.717, 1.165) is 18.8 Å². The van der Waals surface area contributed by atoms with Gasteiger partial charge in [-0.15, -0.1) is 0 Å². The fourth-order valence-electron chi connectivity index (χ4n) is 2.72. The van der Waals surface area contributed by atoms with Crippen LogP contribution in [0.5, 0.6) is 0 Å². The first-order chi connectivity index (χ1) is 9.13. The highest BCUT2D eigenvalue weighted by atomic mass is 19.1. The number of hydrogen-bond donors (Lipinski definition) is 1. The van der Waals surface area contributed by atoms with E-state index in [1.165, 1.54) is 32.1 Å². The number of esters is 1. The molecule has 0 aliphatic heterocycles. The summed E-state index contributed by atoms with van der Waals surface area (Å²) in [5.41, 5.74) is 0.928. The van der Waals surface area contributed by atoms with E-state index in [9.17, 15) is 9.18 Å². The summed E-state index contributed by atoms with van der Waals surface area (Å²) in [6.45, 7) is 2.20. The lowest BCUT2D eigenvalue weighted by Crippen LogP contribution is -2.18. The molecule has 2 unspecified atom stereocenters. The number of nitrogens with one attached hydrogen (secondary N) is 1. The van der Waals surface area contributed by atoms with Crippen molar-refractivity contribution < 1.29 is 13.9 Å². The average molecular weight is 265 g/mol. The van der Waals surface area contributed by atoms with Gasteiger partial charge in [-0.1, -0.05) is 13.3 Å². The lowest BCUT2D eigenvalue weighted by molar-refractivity contribution is 0.0601. The number of hydrogen-bond acceptors (Lipinski definition) is 3. The van der Waals surface area contributed by atoms with Crippen LogP contribution in [0.2, 0.25) is 0 Å². The summed E-state index contributed by atoms with van der Waals surface area (Å²) in [4.78, 5) is 11.7. The van der Waals surface area contributed by atoms with E-state index in [-0.39, 0.29) is 5.56 Å². The molecule has 0 amide bonds. The van der Waals surface area contributed by atoms with Gasteiger partial charge in [-0.3, -0.25) is 0 Å². The molecule has 2 rings (SSSR count). The number of anilines is 1. The number of methoxy groups -OCH3 is 1. The highest BCUT2D eigenvalue weighted by Gasteiger charge is 2.24. The molecule has 2 atom stereocenters.